The third kappa shape index (κ3) is 4.52. The Bertz CT molecular complexity index is 763. The summed E-state index contributed by atoms with van der Waals surface area (Å²) in [6.45, 7) is 10.1. The SMILES string of the molecule is CC(=O)Nc1ncc(CN2CC(C)[C@@H](Oc3ncc(C)nc3C)C2)s1. The number of carbonyl (C=O) groups is 1. The van der Waals surface area contributed by atoms with E-state index in [-0.39, 0.29) is 12.0 Å². The predicted octanol–water partition coefficient (Wildman–Crippen LogP) is 2.41. The first-order valence-electron chi connectivity index (χ1n) is 8.32. The van der Waals surface area contributed by atoms with Crippen LogP contribution in [0.15, 0.2) is 12.4 Å². The van der Waals surface area contributed by atoms with Crippen molar-refractivity contribution in [2.75, 3.05) is 18.4 Å². The second-order valence-corrected chi connectivity index (χ2v) is 7.66. The zero-order chi connectivity index (χ0) is 18.0. The average molecular weight is 361 g/mol. The zero-order valence-electron chi connectivity index (χ0n) is 14.9. The summed E-state index contributed by atoms with van der Waals surface area (Å²) in [5, 5.41) is 3.37. The van der Waals surface area contributed by atoms with Crippen molar-refractivity contribution in [1.29, 1.82) is 0 Å². The van der Waals surface area contributed by atoms with E-state index in [2.05, 4.69) is 32.1 Å². The van der Waals surface area contributed by atoms with Crippen molar-refractivity contribution < 1.29 is 9.53 Å². The van der Waals surface area contributed by atoms with Crippen LogP contribution in [0.5, 0.6) is 5.88 Å². The van der Waals surface area contributed by atoms with Crippen molar-refractivity contribution in [2.45, 2.75) is 40.3 Å². The van der Waals surface area contributed by atoms with E-state index >= 15 is 0 Å². The summed E-state index contributed by atoms with van der Waals surface area (Å²) in [6.07, 6.45) is 3.66. The van der Waals surface area contributed by atoms with Crippen LogP contribution in [0.2, 0.25) is 0 Å². The maximum Gasteiger partial charge on any atom is 0.235 e. The molecule has 0 saturated carbocycles. The smallest absolute Gasteiger partial charge is 0.235 e. The van der Waals surface area contributed by atoms with Gasteiger partial charge >= 0.3 is 0 Å². The number of nitrogens with zero attached hydrogens (tertiary/aromatic N) is 4. The van der Waals surface area contributed by atoms with Crippen LogP contribution in [0.25, 0.3) is 0 Å². The molecule has 1 unspecified atom stereocenters. The summed E-state index contributed by atoms with van der Waals surface area (Å²) in [7, 11) is 0. The number of hydrogen-bond acceptors (Lipinski definition) is 7. The van der Waals surface area contributed by atoms with Crippen molar-refractivity contribution in [3.05, 3.63) is 28.7 Å². The normalized spacial score (nSPS) is 20.6. The minimum Gasteiger partial charge on any atom is -0.471 e. The number of nitrogens with one attached hydrogen (secondary N) is 1. The molecule has 0 aromatic carbocycles. The summed E-state index contributed by atoms with van der Waals surface area (Å²) in [5.74, 6) is 0.930. The minimum absolute atomic E-state index is 0.0958. The maximum atomic E-state index is 11.1. The minimum atomic E-state index is -0.0984. The molecule has 1 fully saturated rings. The molecule has 0 radical (unpaired) electrons. The average Bonchev–Trinajstić information content (AvgIpc) is 3.08. The molecular weight excluding hydrogens is 338 g/mol. The van der Waals surface area contributed by atoms with Gasteiger partial charge in [0.05, 0.1) is 17.6 Å². The van der Waals surface area contributed by atoms with Crippen LogP contribution in [-0.4, -0.2) is 45.0 Å². The first kappa shape index (κ1) is 17.8. The second kappa shape index (κ2) is 7.45. The molecule has 0 aliphatic carbocycles. The lowest BCUT2D eigenvalue weighted by atomic mass is 10.1. The quantitative estimate of drug-likeness (QED) is 0.881. The zero-order valence-corrected chi connectivity index (χ0v) is 15.8. The lowest BCUT2D eigenvalue weighted by Gasteiger charge is -2.17. The van der Waals surface area contributed by atoms with Gasteiger partial charge in [0, 0.05) is 43.5 Å². The Morgan fingerprint density at radius 1 is 1.36 bits per heavy atom. The number of carbonyl (C=O) groups excluding carboxylic acids is 1. The van der Waals surface area contributed by atoms with Crippen molar-refractivity contribution in [1.82, 2.24) is 19.9 Å². The number of likely N-dealkylation sites (tertiary alicyclic amines) is 1. The van der Waals surface area contributed by atoms with Gasteiger partial charge in [-0.15, -0.1) is 11.3 Å². The summed E-state index contributed by atoms with van der Waals surface area (Å²) in [5.41, 5.74) is 1.72. The fourth-order valence-electron chi connectivity index (χ4n) is 2.97. The van der Waals surface area contributed by atoms with Gasteiger partial charge in [0.15, 0.2) is 5.13 Å². The molecule has 2 aromatic rings. The topological polar surface area (TPSA) is 80.2 Å². The van der Waals surface area contributed by atoms with Gasteiger partial charge in [-0.3, -0.25) is 14.7 Å². The molecule has 0 bridgehead atoms. The van der Waals surface area contributed by atoms with Gasteiger partial charge in [0.2, 0.25) is 11.8 Å². The first-order valence-corrected chi connectivity index (χ1v) is 9.14. The number of ether oxygens (including phenoxy) is 1. The molecule has 134 valence electrons. The largest absolute Gasteiger partial charge is 0.471 e. The summed E-state index contributed by atoms with van der Waals surface area (Å²) in [4.78, 5) is 27.6. The van der Waals surface area contributed by atoms with Gasteiger partial charge in [-0.2, -0.15) is 0 Å². The van der Waals surface area contributed by atoms with E-state index in [1.807, 2.05) is 20.0 Å². The molecule has 0 spiro atoms. The maximum absolute atomic E-state index is 11.1. The van der Waals surface area contributed by atoms with Crippen LogP contribution in [0.3, 0.4) is 0 Å². The lowest BCUT2D eigenvalue weighted by molar-refractivity contribution is -0.114. The van der Waals surface area contributed by atoms with Crippen LogP contribution in [0, 0.1) is 19.8 Å². The van der Waals surface area contributed by atoms with E-state index in [9.17, 15) is 4.79 Å². The highest BCUT2D eigenvalue weighted by Gasteiger charge is 2.32. The molecule has 2 aromatic heterocycles. The number of hydrogen-bond donors (Lipinski definition) is 1. The molecule has 1 aliphatic heterocycles. The van der Waals surface area contributed by atoms with Gasteiger partial charge in [-0.1, -0.05) is 6.92 Å². The van der Waals surface area contributed by atoms with Gasteiger partial charge in [0.1, 0.15) is 6.10 Å². The van der Waals surface area contributed by atoms with Gasteiger partial charge in [-0.05, 0) is 13.8 Å². The number of thiazole rings is 1. The molecular formula is C17H23N5O2S. The number of amides is 1. The van der Waals surface area contributed by atoms with Crippen molar-refractivity contribution in [2.24, 2.45) is 5.92 Å². The molecule has 1 amide bonds. The molecule has 25 heavy (non-hydrogen) atoms. The van der Waals surface area contributed by atoms with Crippen LogP contribution >= 0.6 is 11.3 Å². The number of rotatable bonds is 5. The second-order valence-electron chi connectivity index (χ2n) is 6.54. The van der Waals surface area contributed by atoms with E-state index < -0.39 is 0 Å². The Morgan fingerprint density at radius 3 is 2.88 bits per heavy atom. The number of anilines is 1. The highest BCUT2D eigenvalue weighted by molar-refractivity contribution is 7.15. The predicted molar refractivity (Wildman–Crippen MR) is 96.8 cm³/mol. The molecule has 8 heteroatoms. The van der Waals surface area contributed by atoms with E-state index in [4.69, 9.17) is 4.74 Å². The van der Waals surface area contributed by atoms with Gasteiger partial charge < -0.3 is 10.1 Å². The fourth-order valence-corrected chi connectivity index (χ4v) is 3.87. The first-order chi connectivity index (χ1) is 11.9. The van der Waals surface area contributed by atoms with Crippen molar-refractivity contribution in [3.8, 4) is 5.88 Å². The molecule has 3 heterocycles. The lowest BCUT2D eigenvalue weighted by Crippen LogP contribution is -2.26. The van der Waals surface area contributed by atoms with E-state index in [1.54, 1.807) is 6.20 Å². The van der Waals surface area contributed by atoms with E-state index in [1.165, 1.54) is 18.3 Å². The van der Waals surface area contributed by atoms with Crippen LogP contribution in [0.1, 0.15) is 30.1 Å². The van der Waals surface area contributed by atoms with Crippen LogP contribution in [-0.2, 0) is 11.3 Å². The molecule has 1 aliphatic rings. The van der Waals surface area contributed by atoms with Gasteiger partial charge in [0.25, 0.3) is 0 Å². The summed E-state index contributed by atoms with van der Waals surface area (Å²) >= 11 is 1.51. The summed E-state index contributed by atoms with van der Waals surface area (Å²) < 4.78 is 6.11. The monoisotopic (exact) mass is 361 g/mol. The standard InChI is InChI=1S/C17H23N5O2S/c1-10-7-22(8-14-6-19-17(25-14)21-13(4)23)9-15(10)24-16-12(3)20-11(2)5-18-16/h5-6,10,15H,7-9H2,1-4H3,(H,19,21,23)/t10?,15-/m0/s1. The Hall–Kier alpha value is -2.06. The molecule has 7 nitrogen and oxygen atoms in total. The van der Waals surface area contributed by atoms with E-state index in [0.717, 1.165) is 35.9 Å². The third-order valence-corrected chi connectivity index (χ3v) is 5.02. The van der Waals surface area contributed by atoms with Crippen LogP contribution < -0.4 is 10.1 Å². The Balaban J connectivity index is 1.59. The fraction of sp³-hybridized carbons (Fsp3) is 0.529. The molecule has 1 N–H and O–H groups in total. The van der Waals surface area contributed by atoms with E-state index in [0.29, 0.717) is 16.9 Å². The highest BCUT2D eigenvalue weighted by Crippen LogP contribution is 2.26. The Morgan fingerprint density at radius 2 is 2.16 bits per heavy atom. The molecule has 1 saturated heterocycles. The van der Waals surface area contributed by atoms with Gasteiger partial charge in [-0.25, -0.2) is 9.97 Å². The van der Waals surface area contributed by atoms with Crippen molar-refractivity contribution in [3.63, 3.8) is 0 Å². The molecule has 3 rings (SSSR count). The Labute approximate surface area is 151 Å². The third-order valence-electron chi connectivity index (χ3n) is 4.12. The number of aryl methyl sites for hydroxylation is 2. The Kier molecular flexibility index (Phi) is 5.29. The number of aromatic nitrogens is 3. The highest BCUT2D eigenvalue weighted by atomic mass is 32.1. The van der Waals surface area contributed by atoms with Crippen LogP contribution in [0.4, 0.5) is 5.13 Å². The molecule has 2 atom stereocenters. The van der Waals surface area contributed by atoms with Crippen molar-refractivity contribution >= 4 is 22.4 Å². The summed E-state index contributed by atoms with van der Waals surface area (Å²) in [6, 6.07) is 0.